The van der Waals surface area contributed by atoms with Gasteiger partial charge in [0.1, 0.15) is 0 Å². The molecular formula is C16H27N3O2S. The summed E-state index contributed by atoms with van der Waals surface area (Å²) < 4.78 is 11.4. The van der Waals surface area contributed by atoms with E-state index in [-0.39, 0.29) is 6.29 Å². The van der Waals surface area contributed by atoms with E-state index in [2.05, 4.69) is 21.7 Å². The zero-order valence-electron chi connectivity index (χ0n) is 13.5. The number of ether oxygens (including phenoxy) is 2. The molecule has 1 atom stereocenters. The molecule has 0 aliphatic carbocycles. The first-order chi connectivity index (χ1) is 10.8. The number of aryl methyl sites for hydroxylation is 1. The molecule has 6 heteroatoms. The van der Waals surface area contributed by atoms with Gasteiger partial charge in [-0.15, -0.1) is 11.3 Å². The van der Waals surface area contributed by atoms with Crippen LogP contribution in [0.5, 0.6) is 0 Å². The molecule has 2 aliphatic heterocycles. The summed E-state index contributed by atoms with van der Waals surface area (Å²) in [6.45, 7) is 9.15. The Morgan fingerprint density at radius 3 is 2.86 bits per heavy atom. The molecule has 0 spiro atoms. The molecule has 0 aromatic carbocycles. The van der Waals surface area contributed by atoms with Gasteiger partial charge in [0.2, 0.25) is 0 Å². The van der Waals surface area contributed by atoms with Crippen molar-refractivity contribution in [2.75, 3.05) is 50.8 Å². The van der Waals surface area contributed by atoms with Crippen LogP contribution in [0.3, 0.4) is 0 Å². The topological polar surface area (TPSA) is 37.8 Å². The number of rotatable bonds is 6. The number of piperazine rings is 1. The lowest BCUT2D eigenvalue weighted by Gasteiger charge is -2.34. The second kappa shape index (κ2) is 8.24. The lowest BCUT2D eigenvalue weighted by molar-refractivity contribution is -0.164. The van der Waals surface area contributed by atoms with E-state index in [1.165, 1.54) is 22.9 Å². The van der Waals surface area contributed by atoms with Gasteiger partial charge in [0.25, 0.3) is 0 Å². The normalized spacial score (nSPS) is 23.9. The molecular weight excluding hydrogens is 298 g/mol. The van der Waals surface area contributed by atoms with Crippen LogP contribution in [-0.2, 0) is 15.9 Å². The van der Waals surface area contributed by atoms with E-state index < -0.39 is 0 Å². The maximum Gasteiger partial charge on any atom is 0.185 e. The van der Waals surface area contributed by atoms with E-state index >= 15 is 0 Å². The Bertz CT molecular complexity index is 440. The highest BCUT2D eigenvalue weighted by Gasteiger charge is 2.20. The molecule has 0 amide bonds. The summed E-state index contributed by atoms with van der Waals surface area (Å²) >= 11 is 1.83. The number of nitrogens with zero attached hydrogens (tertiary/aromatic N) is 3. The summed E-state index contributed by atoms with van der Waals surface area (Å²) in [5, 5.41) is 1.18. The number of hydrogen-bond acceptors (Lipinski definition) is 6. The molecule has 1 aromatic rings. The first-order valence-electron chi connectivity index (χ1n) is 8.50. The van der Waals surface area contributed by atoms with Crippen molar-refractivity contribution >= 4 is 16.5 Å². The van der Waals surface area contributed by atoms with Crippen LogP contribution in [0.15, 0.2) is 6.20 Å². The molecule has 2 fully saturated rings. The summed E-state index contributed by atoms with van der Waals surface area (Å²) in [5.74, 6) is 0. The van der Waals surface area contributed by atoms with Crippen molar-refractivity contribution in [2.45, 2.75) is 38.9 Å². The van der Waals surface area contributed by atoms with Crippen molar-refractivity contribution < 1.29 is 9.47 Å². The van der Waals surface area contributed by atoms with Gasteiger partial charge in [-0.05, 0) is 25.7 Å². The minimum absolute atomic E-state index is 0.0397. The van der Waals surface area contributed by atoms with E-state index in [1.807, 2.05) is 17.5 Å². The van der Waals surface area contributed by atoms with Gasteiger partial charge in [-0.25, -0.2) is 4.98 Å². The lowest BCUT2D eigenvalue weighted by atomic mass is 10.2. The van der Waals surface area contributed by atoms with Crippen molar-refractivity contribution in [1.82, 2.24) is 9.88 Å². The predicted octanol–water partition coefficient (Wildman–Crippen LogP) is 2.37. The summed E-state index contributed by atoms with van der Waals surface area (Å²) in [4.78, 5) is 10.8. The molecule has 0 radical (unpaired) electrons. The third-order valence-electron chi connectivity index (χ3n) is 4.38. The standard InChI is InChI=1S/C16H27N3O2S/c1-2-14-13-17-16(22-14)19-8-6-18(7-9-19)10-12-21-15-5-3-4-11-20-15/h13,15H,2-12H2,1H3/t15-/m0/s1. The van der Waals surface area contributed by atoms with Gasteiger partial charge in [0, 0.05) is 50.4 Å². The van der Waals surface area contributed by atoms with E-state index in [0.29, 0.717) is 0 Å². The van der Waals surface area contributed by atoms with Crippen LogP contribution in [0.2, 0.25) is 0 Å². The van der Waals surface area contributed by atoms with E-state index in [4.69, 9.17) is 9.47 Å². The third kappa shape index (κ3) is 4.41. The molecule has 2 saturated heterocycles. The predicted molar refractivity (Wildman–Crippen MR) is 89.7 cm³/mol. The molecule has 0 N–H and O–H groups in total. The number of anilines is 1. The fraction of sp³-hybridized carbons (Fsp3) is 0.812. The first kappa shape index (κ1) is 16.2. The highest BCUT2D eigenvalue weighted by molar-refractivity contribution is 7.15. The Hall–Kier alpha value is -0.690. The molecule has 1 aromatic heterocycles. The molecule has 0 bridgehead atoms. The third-order valence-corrected chi connectivity index (χ3v) is 5.58. The summed E-state index contributed by atoms with van der Waals surface area (Å²) in [5.41, 5.74) is 0. The van der Waals surface area contributed by atoms with Crippen molar-refractivity contribution in [2.24, 2.45) is 0 Å². The molecule has 3 rings (SSSR count). The van der Waals surface area contributed by atoms with Gasteiger partial charge in [0.05, 0.1) is 6.61 Å². The number of hydrogen-bond donors (Lipinski definition) is 0. The second-order valence-corrected chi connectivity index (χ2v) is 7.05. The summed E-state index contributed by atoms with van der Waals surface area (Å²) in [7, 11) is 0. The van der Waals surface area contributed by atoms with Gasteiger partial charge in [0.15, 0.2) is 11.4 Å². The quantitative estimate of drug-likeness (QED) is 0.803. The van der Waals surface area contributed by atoms with Crippen LogP contribution >= 0.6 is 11.3 Å². The van der Waals surface area contributed by atoms with Gasteiger partial charge in [-0.3, -0.25) is 4.90 Å². The van der Waals surface area contributed by atoms with Crippen LogP contribution in [0.1, 0.15) is 31.1 Å². The lowest BCUT2D eigenvalue weighted by Crippen LogP contribution is -2.47. The maximum absolute atomic E-state index is 5.83. The van der Waals surface area contributed by atoms with E-state index in [1.54, 1.807) is 0 Å². The Kier molecular flexibility index (Phi) is 6.06. The largest absolute Gasteiger partial charge is 0.353 e. The highest BCUT2D eigenvalue weighted by atomic mass is 32.1. The molecule has 0 unspecified atom stereocenters. The van der Waals surface area contributed by atoms with Gasteiger partial charge in [-0.2, -0.15) is 0 Å². The number of thiazole rings is 1. The molecule has 124 valence electrons. The van der Waals surface area contributed by atoms with Crippen molar-refractivity contribution in [3.8, 4) is 0 Å². The van der Waals surface area contributed by atoms with Gasteiger partial charge >= 0.3 is 0 Å². The minimum atomic E-state index is 0.0397. The average Bonchev–Trinajstić information content (AvgIpc) is 3.06. The molecule has 0 saturated carbocycles. The minimum Gasteiger partial charge on any atom is -0.353 e. The van der Waals surface area contributed by atoms with Crippen molar-refractivity contribution in [3.63, 3.8) is 0 Å². The maximum atomic E-state index is 5.83. The monoisotopic (exact) mass is 325 g/mol. The zero-order valence-corrected chi connectivity index (χ0v) is 14.3. The molecule has 3 heterocycles. The molecule has 2 aliphatic rings. The average molecular weight is 325 g/mol. The zero-order chi connectivity index (χ0) is 15.2. The Labute approximate surface area is 137 Å². The number of aromatic nitrogens is 1. The van der Waals surface area contributed by atoms with Gasteiger partial charge < -0.3 is 14.4 Å². The Balaban J connectivity index is 1.34. The van der Waals surface area contributed by atoms with E-state index in [9.17, 15) is 0 Å². The summed E-state index contributed by atoms with van der Waals surface area (Å²) in [6.07, 6.45) is 6.60. The fourth-order valence-electron chi connectivity index (χ4n) is 2.93. The Morgan fingerprint density at radius 1 is 1.32 bits per heavy atom. The molecule has 22 heavy (non-hydrogen) atoms. The van der Waals surface area contributed by atoms with E-state index in [0.717, 1.165) is 58.8 Å². The van der Waals surface area contributed by atoms with Crippen LogP contribution in [0.4, 0.5) is 5.13 Å². The van der Waals surface area contributed by atoms with Crippen LogP contribution in [0.25, 0.3) is 0 Å². The SMILES string of the molecule is CCc1cnc(N2CCN(CCO[C@H]3CCCCO3)CC2)s1. The van der Waals surface area contributed by atoms with Crippen LogP contribution in [-0.4, -0.2) is 62.1 Å². The van der Waals surface area contributed by atoms with Crippen molar-refractivity contribution in [3.05, 3.63) is 11.1 Å². The first-order valence-corrected chi connectivity index (χ1v) is 9.32. The van der Waals surface area contributed by atoms with Crippen LogP contribution < -0.4 is 4.90 Å². The van der Waals surface area contributed by atoms with Crippen molar-refractivity contribution in [1.29, 1.82) is 0 Å². The smallest absolute Gasteiger partial charge is 0.185 e. The second-order valence-electron chi connectivity index (χ2n) is 5.96. The van der Waals surface area contributed by atoms with Crippen LogP contribution in [0, 0.1) is 0 Å². The fourth-order valence-corrected chi connectivity index (χ4v) is 3.83. The highest BCUT2D eigenvalue weighted by Crippen LogP contribution is 2.23. The molecule has 5 nitrogen and oxygen atoms in total. The van der Waals surface area contributed by atoms with Gasteiger partial charge in [-0.1, -0.05) is 6.92 Å². The summed E-state index contributed by atoms with van der Waals surface area (Å²) in [6, 6.07) is 0. The Morgan fingerprint density at radius 2 is 2.18 bits per heavy atom.